The van der Waals surface area contributed by atoms with Crippen molar-refractivity contribution in [3.05, 3.63) is 9.98 Å². The van der Waals surface area contributed by atoms with Crippen molar-refractivity contribution in [2.75, 3.05) is 5.32 Å². The van der Waals surface area contributed by atoms with Gasteiger partial charge in [0.05, 0.1) is 16.1 Å². The van der Waals surface area contributed by atoms with Gasteiger partial charge in [0, 0.05) is 0 Å². The molecule has 1 atom stereocenters. The maximum atomic E-state index is 11.2. The number of halogens is 1. The molecule has 1 N–H and O–H groups in total. The third-order valence-electron chi connectivity index (χ3n) is 1.29. The van der Waals surface area contributed by atoms with Gasteiger partial charge in [-0.2, -0.15) is 5.26 Å². The van der Waals surface area contributed by atoms with Crippen LogP contribution < -0.4 is 5.32 Å². The van der Waals surface area contributed by atoms with Crippen molar-refractivity contribution in [2.24, 2.45) is 5.92 Å². The van der Waals surface area contributed by atoms with E-state index in [-0.39, 0.29) is 5.91 Å². The monoisotopic (exact) mass is 259 g/mol. The van der Waals surface area contributed by atoms with Gasteiger partial charge in [-0.3, -0.25) is 4.79 Å². The highest BCUT2D eigenvalue weighted by Gasteiger charge is 2.12. The summed E-state index contributed by atoms with van der Waals surface area (Å²) in [5.74, 6) is -0.980. The van der Waals surface area contributed by atoms with E-state index in [1.165, 1.54) is 18.3 Å². The van der Waals surface area contributed by atoms with E-state index in [9.17, 15) is 4.79 Å². The minimum atomic E-state index is -0.650. The number of nitriles is 1. The Morgan fingerprint density at radius 3 is 3.08 bits per heavy atom. The quantitative estimate of drug-likeness (QED) is 0.884. The fourth-order valence-corrected chi connectivity index (χ4v) is 1.69. The fourth-order valence-electron chi connectivity index (χ4n) is 0.584. The first-order valence-corrected chi connectivity index (χ1v) is 5.06. The zero-order valence-corrected chi connectivity index (χ0v) is 9.15. The number of hydrogen-bond donors (Lipinski definition) is 1. The molecule has 0 aliphatic heterocycles. The summed E-state index contributed by atoms with van der Waals surface area (Å²) in [7, 11) is 0. The Kier molecular flexibility index (Phi) is 3.39. The van der Waals surface area contributed by atoms with Crippen LogP contribution >= 0.6 is 27.3 Å². The van der Waals surface area contributed by atoms with Gasteiger partial charge in [0.15, 0.2) is 5.13 Å². The van der Waals surface area contributed by atoms with Gasteiger partial charge in [0.1, 0.15) is 5.92 Å². The van der Waals surface area contributed by atoms with Crippen molar-refractivity contribution in [3.8, 4) is 6.07 Å². The molecule has 0 aromatic carbocycles. The van der Waals surface area contributed by atoms with Gasteiger partial charge < -0.3 is 5.32 Å². The van der Waals surface area contributed by atoms with Crippen molar-refractivity contribution >= 4 is 38.3 Å². The Morgan fingerprint density at radius 1 is 1.92 bits per heavy atom. The lowest BCUT2D eigenvalue weighted by atomic mass is 10.2. The molecule has 1 amide bonds. The summed E-state index contributed by atoms with van der Waals surface area (Å²) in [6.07, 6.45) is 1.59. The molecule has 0 spiro atoms. The second-order valence-corrected chi connectivity index (χ2v) is 4.72. The van der Waals surface area contributed by atoms with Gasteiger partial charge in [-0.25, -0.2) is 4.98 Å². The Bertz CT molecular complexity index is 357. The zero-order chi connectivity index (χ0) is 9.84. The van der Waals surface area contributed by atoms with Gasteiger partial charge in [-0.05, 0) is 22.9 Å². The second-order valence-electron chi connectivity index (χ2n) is 2.31. The molecule has 13 heavy (non-hydrogen) atoms. The molecule has 0 aliphatic carbocycles. The van der Waals surface area contributed by atoms with Crippen molar-refractivity contribution in [1.29, 1.82) is 5.26 Å². The fraction of sp³-hybridized carbons (Fsp3) is 0.286. The lowest BCUT2D eigenvalue weighted by molar-refractivity contribution is -0.117. The molecule has 0 aliphatic rings. The molecule has 1 aromatic heterocycles. The third-order valence-corrected chi connectivity index (χ3v) is 2.69. The van der Waals surface area contributed by atoms with E-state index in [1.54, 1.807) is 6.20 Å². The number of thiazole rings is 1. The molecule has 0 fully saturated rings. The van der Waals surface area contributed by atoms with Crippen molar-refractivity contribution in [3.63, 3.8) is 0 Å². The number of rotatable bonds is 2. The van der Waals surface area contributed by atoms with E-state index in [2.05, 4.69) is 26.2 Å². The van der Waals surface area contributed by atoms with Crippen LogP contribution in [0.15, 0.2) is 9.98 Å². The highest BCUT2D eigenvalue weighted by Crippen LogP contribution is 2.23. The number of anilines is 1. The molecular formula is C7H6BrN3OS. The van der Waals surface area contributed by atoms with E-state index >= 15 is 0 Å². The van der Waals surface area contributed by atoms with Crippen molar-refractivity contribution in [2.45, 2.75) is 6.92 Å². The smallest absolute Gasteiger partial charge is 0.243 e. The number of hydrogen-bond acceptors (Lipinski definition) is 4. The first-order valence-electron chi connectivity index (χ1n) is 3.45. The average molecular weight is 260 g/mol. The summed E-state index contributed by atoms with van der Waals surface area (Å²) < 4.78 is 0.840. The number of carbonyl (C=O) groups excluding carboxylic acids is 1. The number of amides is 1. The third kappa shape index (κ3) is 2.79. The maximum Gasteiger partial charge on any atom is 0.243 e. The number of aromatic nitrogens is 1. The Hall–Kier alpha value is -0.930. The predicted octanol–water partition coefficient (Wildman–Crippen LogP) is 2.00. The van der Waals surface area contributed by atoms with E-state index in [4.69, 9.17) is 5.26 Å². The summed E-state index contributed by atoms with van der Waals surface area (Å²) in [4.78, 5) is 15.1. The van der Waals surface area contributed by atoms with Crippen LogP contribution in [0, 0.1) is 17.2 Å². The van der Waals surface area contributed by atoms with Crippen LogP contribution in [0.3, 0.4) is 0 Å². The number of nitrogens with one attached hydrogen (secondary N) is 1. The molecule has 0 saturated carbocycles. The summed E-state index contributed by atoms with van der Waals surface area (Å²) in [5, 5.41) is 11.5. The summed E-state index contributed by atoms with van der Waals surface area (Å²) >= 11 is 4.52. The Morgan fingerprint density at radius 2 is 2.62 bits per heavy atom. The van der Waals surface area contributed by atoms with E-state index in [0.29, 0.717) is 5.13 Å². The molecule has 6 heteroatoms. The zero-order valence-electron chi connectivity index (χ0n) is 6.74. The average Bonchev–Trinajstić information content (AvgIpc) is 2.49. The van der Waals surface area contributed by atoms with Crippen LogP contribution in [0.25, 0.3) is 0 Å². The molecule has 1 rings (SSSR count). The SMILES string of the molecule is CC(C#N)C(=O)Nc1ncc(Br)s1. The molecular weight excluding hydrogens is 254 g/mol. The van der Waals surface area contributed by atoms with E-state index in [0.717, 1.165) is 3.79 Å². The van der Waals surface area contributed by atoms with Gasteiger partial charge >= 0.3 is 0 Å². The largest absolute Gasteiger partial charge is 0.301 e. The summed E-state index contributed by atoms with van der Waals surface area (Å²) in [6, 6.07) is 1.84. The molecule has 1 aromatic rings. The number of nitrogens with zero attached hydrogens (tertiary/aromatic N) is 2. The minimum absolute atomic E-state index is 0.329. The van der Waals surface area contributed by atoms with Gasteiger partial charge in [0.2, 0.25) is 5.91 Å². The molecule has 4 nitrogen and oxygen atoms in total. The van der Waals surface area contributed by atoms with Gasteiger partial charge in [-0.15, -0.1) is 0 Å². The normalized spacial score (nSPS) is 11.8. The maximum absolute atomic E-state index is 11.2. The number of carbonyl (C=O) groups is 1. The van der Waals surface area contributed by atoms with Crippen molar-refractivity contribution in [1.82, 2.24) is 4.98 Å². The van der Waals surface area contributed by atoms with Crippen molar-refractivity contribution < 1.29 is 4.79 Å². The van der Waals surface area contributed by atoms with Crippen LogP contribution in [0.5, 0.6) is 0 Å². The van der Waals surface area contributed by atoms with E-state index < -0.39 is 5.92 Å². The van der Waals surface area contributed by atoms with E-state index in [1.807, 2.05) is 6.07 Å². The highest BCUT2D eigenvalue weighted by atomic mass is 79.9. The lowest BCUT2D eigenvalue weighted by Gasteiger charge is -2.00. The van der Waals surface area contributed by atoms with Crippen LogP contribution in [0.4, 0.5) is 5.13 Å². The second kappa shape index (κ2) is 4.35. The van der Waals surface area contributed by atoms with Crippen LogP contribution in [-0.4, -0.2) is 10.9 Å². The topological polar surface area (TPSA) is 65.8 Å². The Labute approximate surface area is 87.7 Å². The standard InChI is InChI=1S/C7H6BrN3OS/c1-4(2-9)6(12)11-7-10-3-5(8)13-7/h3-4H,1H3,(H,10,11,12). The predicted molar refractivity (Wildman–Crippen MR) is 53.2 cm³/mol. The molecule has 0 bridgehead atoms. The summed E-state index contributed by atoms with van der Waals surface area (Å²) in [5.41, 5.74) is 0. The first kappa shape index (κ1) is 10.2. The molecule has 0 radical (unpaired) electrons. The molecule has 0 saturated heterocycles. The molecule has 68 valence electrons. The molecule has 1 unspecified atom stereocenters. The van der Waals surface area contributed by atoms with Crippen LogP contribution in [0.2, 0.25) is 0 Å². The summed E-state index contributed by atoms with van der Waals surface area (Å²) in [6.45, 7) is 1.54. The van der Waals surface area contributed by atoms with Crippen LogP contribution in [-0.2, 0) is 4.79 Å². The molecule has 1 heterocycles. The minimum Gasteiger partial charge on any atom is -0.301 e. The highest BCUT2D eigenvalue weighted by molar-refractivity contribution is 9.11. The van der Waals surface area contributed by atoms with Gasteiger partial charge in [0.25, 0.3) is 0 Å². The lowest BCUT2D eigenvalue weighted by Crippen LogP contribution is -2.18. The first-order chi connectivity index (χ1) is 6.13. The van der Waals surface area contributed by atoms with Gasteiger partial charge in [-0.1, -0.05) is 11.3 Å². The Balaban J connectivity index is 2.61. The van der Waals surface area contributed by atoms with Crippen LogP contribution in [0.1, 0.15) is 6.92 Å².